The highest BCUT2D eigenvalue weighted by molar-refractivity contribution is 5.77. The molecule has 0 amide bonds. The number of amidine groups is 1. The van der Waals surface area contributed by atoms with Gasteiger partial charge in [0.2, 0.25) is 0 Å². The van der Waals surface area contributed by atoms with Crippen LogP contribution in [0.5, 0.6) is 0 Å². The minimum Gasteiger partial charge on any atom is -0.388 e. The van der Waals surface area contributed by atoms with Gasteiger partial charge in [0.05, 0.1) is 5.84 Å². The number of aryl methyl sites for hydroxylation is 2. The highest BCUT2D eigenvalue weighted by Crippen LogP contribution is 2.11. The van der Waals surface area contributed by atoms with Crippen molar-refractivity contribution in [1.29, 1.82) is 5.41 Å². The molecule has 0 bridgehead atoms. The monoisotopic (exact) mass is 221 g/mol. The first-order valence-electron chi connectivity index (χ1n) is 5.41. The van der Waals surface area contributed by atoms with E-state index in [1.165, 1.54) is 0 Å². The Kier molecular flexibility index (Phi) is 4.22. The molecule has 0 fully saturated rings. The van der Waals surface area contributed by atoms with Gasteiger partial charge in [-0.05, 0) is 13.3 Å². The van der Waals surface area contributed by atoms with Gasteiger partial charge in [0.25, 0.3) is 0 Å². The van der Waals surface area contributed by atoms with E-state index >= 15 is 0 Å². The molecule has 0 radical (unpaired) electrons. The molecular weight excluding hydrogens is 202 g/mol. The molecule has 1 heterocycles. The van der Waals surface area contributed by atoms with Crippen molar-refractivity contribution in [2.45, 2.75) is 26.7 Å². The molecular formula is C11H19N5. The second kappa shape index (κ2) is 5.44. The quantitative estimate of drug-likeness (QED) is 0.576. The molecule has 1 aromatic heterocycles. The molecule has 0 spiro atoms. The van der Waals surface area contributed by atoms with Gasteiger partial charge >= 0.3 is 0 Å². The number of rotatable bonds is 5. The van der Waals surface area contributed by atoms with Crippen molar-refractivity contribution in [2.75, 3.05) is 18.5 Å². The summed E-state index contributed by atoms with van der Waals surface area (Å²) in [4.78, 5) is 10.7. The van der Waals surface area contributed by atoms with Crippen molar-refractivity contribution >= 4 is 11.7 Å². The van der Waals surface area contributed by atoms with Crippen molar-refractivity contribution in [1.82, 2.24) is 9.97 Å². The third kappa shape index (κ3) is 3.49. The van der Waals surface area contributed by atoms with Crippen molar-refractivity contribution < 1.29 is 0 Å². The zero-order valence-corrected chi connectivity index (χ0v) is 10.1. The van der Waals surface area contributed by atoms with E-state index in [1.807, 2.05) is 24.9 Å². The van der Waals surface area contributed by atoms with Gasteiger partial charge in [-0.2, -0.15) is 0 Å². The minimum atomic E-state index is 0.202. The van der Waals surface area contributed by atoms with Crippen LogP contribution in [0.25, 0.3) is 0 Å². The number of anilines is 1. The molecule has 0 aliphatic heterocycles. The lowest BCUT2D eigenvalue weighted by atomic mass is 10.3. The Morgan fingerprint density at radius 3 is 2.75 bits per heavy atom. The predicted molar refractivity (Wildman–Crippen MR) is 65.9 cm³/mol. The summed E-state index contributed by atoms with van der Waals surface area (Å²) in [6, 6.07) is 1.98. The average molecular weight is 221 g/mol. The number of aromatic nitrogens is 2. The summed E-state index contributed by atoms with van der Waals surface area (Å²) in [5, 5.41) is 7.19. The van der Waals surface area contributed by atoms with Gasteiger partial charge < -0.3 is 10.6 Å². The summed E-state index contributed by atoms with van der Waals surface area (Å²) in [7, 11) is 1.95. The van der Waals surface area contributed by atoms with E-state index in [9.17, 15) is 0 Å². The Morgan fingerprint density at radius 1 is 1.50 bits per heavy atom. The Bertz CT molecular complexity index is 375. The summed E-state index contributed by atoms with van der Waals surface area (Å²) in [6.45, 7) is 4.66. The number of nitrogens with two attached hydrogens (primary N) is 1. The van der Waals surface area contributed by atoms with Gasteiger partial charge in [-0.1, -0.05) is 6.92 Å². The van der Waals surface area contributed by atoms with E-state index < -0.39 is 0 Å². The summed E-state index contributed by atoms with van der Waals surface area (Å²) in [5.74, 6) is 1.88. The van der Waals surface area contributed by atoms with E-state index in [-0.39, 0.29) is 5.84 Å². The van der Waals surface area contributed by atoms with Gasteiger partial charge in [0.1, 0.15) is 11.6 Å². The van der Waals surface area contributed by atoms with Crippen LogP contribution in [0, 0.1) is 12.3 Å². The Hall–Kier alpha value is -1.65. The van der Waals surface area contributed by atoms with Crippen LogP contribution < -0.4 is 10.6 Å². The van der Waals surface area contributed by atoms with Crippen LogP contribution in [0.4, 0.5) is 5.82 Å². The van der Waals surface area contributed by atoms with E-state index in [4.69, 9.17) is 11.1 Å². The fourth-order valence-electron chi connectivity index (χ4n) is 1.39. The fourth-order valence-corrected chi connectivity index (χ4v) is 1.39. The normalized spacial score (nSPS) is 10.2. The zero-order chi connectivity index (χ0) is 12.1. The number of nitrogens with zero attached hydrogens (tertiary/aromatic N) is 3. The van der Waals surface area contributed by atoms with Crippen LogP contribution in [-0.4, -0.2) is 29.4 Å². The van der Waals surface area contributed by atoms with Crippen LogP contribution in [0.2, 0.25) is 0 Å². The summed E-state index contributed by atoms with van der Waals surface area (Å²) < 4.78 is 0. The second-order valence-electron chi connectivity index (χ2n) is 3.82. The second-order valence-corrected chi connectivity index (χ2v) is 3.82. The molecule has 5 heteroatoms. The maximum absolute atomic E-state index is 7.19. The van der Waals surface area contributed by atoms with E-state index in [0.29, 0.717) is 13.0 Å². The standard InChI is InChI=1S/C11H19N5/c1-4-9-7-11(15-8(2)14-9)16(3)6-5-10(12)13/h7H,4-6H2,1-3H3,(H3,12,13). The SMILES string of the molecule is CCc1cc(N(C)CCC(=N)N)nc(C)n1. The molecule has 5 nitrogen and oxygen atoms in total. The van der Waals surface area contributed by atoms with E-state index in [1.54, 1.807) is 0 Å². The van der Waals surface area contributed by atoms with Crippen LogP contribution in [0.3, 0.4) is 0 Å². The molecule has 0 unspecified atom stereocenters. The third-order valence-electron chi connectivity index (χ3n) is 2.35. The van der Waals surface area contributed by atoms with Crippen LogP contribution in [0.15, 0.2) is 6.07 Å². The lowest BCUT2D eigenvalue weighted by Gasteiger charge is -2.18. The first kappa shape index (κ1) is 12.4. The molecule has 3 N–H and O–H groups in total. The van der Waals surface area contributed by atoms with Gasteiger partial charge in [-0.3, -0.25) is 5.41 Å². The average Bonchev–Trinajstić information content (AvgIpc) is 2.24. The smallest absolute Gasteiger partial charge is 0.132 e. The molecule has 1 rings (SSSR count). The van der Waals surface area contributed by atoms with Gasteiger partial charge in [0.15, 0.2) is 0 Å². The Balaban J connectivity index is 2.77. The third-order valence-corrected chi connectivity index (χ3v) is 2.35. The number of hydrogen-bond acceptors (Lipinski definition) is 4. The topological polar surface area (TPSA) is 78.9 Å². The number of nitrogens with one attached hydrogen (secondary N) is 1. The maximum atomic E-state index is 7.19. The molecule has 0 aliphatic carbocycles. The van der Waals surface area contributed by atoms with Crippen LogP contribution in [0.1, 0.15) is 24.9 Å². The first-order chi connectivity index (χ1) is 7.52. The molecule has 0 atom stereocenters. The van der Waals surface area contributed by atoms with Crippen molar-refractivity contribution in [3.63, 3.8) is 0 Å². The molecule has 1 aromatic rings. The molecule has 0 aliphatic rings. The van der Waals surface area contributed by atoms with E-state index in [0.717, 1.165) is 23.8 Å². The van der Waals surface area contributed by atoms with Crippen molar-refractivity contribution in [3.8, 4) is 0 Å². The van der Waals surface area contributed by atoms with E-state index in [2.05, 4.69) is 16.9 Å². The highest BCUT2D eigenvalue weighted by atomic mass is 15.2. The largest absolute Gasteiger partial charge is 0.388 e. The van der Waals surface area contributed by atoms with Crippen LogP contribution in [-0.2, 0) is 6.42 Å². The maximum Gasteiger partial charge on any atom is 0.132 e. The predicted octanol–water partition coefficient (Wildman–Crippen LogP) is 1.11. The molecule has 16 heavy (non-hydrogen) atoms. The molecule has 88 valence electrons. The first-order valence-corrected chi connectivity index (χ1v) is 5.41. The zero-order valence-electron chi connectivity index (χ0n) is 10.1. The fraction of sp³-hybridized carbons (Fsp3) is 0.545. The summed E-state index contributed by atoms with van der Waals surface area (Å²) >= 11 is 0. The van der Waals surface area contributed by atoms with Crippen LogP contribution >= 0.6 is 0 Å². The molecule has 0 saturated carbocycles. The molecule has 0 aromatic carbocycles. The Labute approximate surface area is 96.2 Å². The Morgan fingerprint density at radius 2 is 2.19 bits per heavy atom. The van der Waals surface area contributed by atoms with Gasteiger partial charge in [0, 0.05) is 31.8 Å². The lowest BCUT2D eigenvalue weighted by Crippen LogP contribution is -2.25. The lowest BCUT2D eigenvalue weighted by molar-refractivity contribution is 0.859. The summed E-state index contributed by atoms with van der Waals surface area (Å²) in [5.41, 5.74) is 6.37. The summed E-state index contributed by atoms with van der Waals surface area (Å²) in [6.07, 6.45) is 1.46. The number of hydrogen-bond donors (Lipinski definition) is 2. The van der Waals surface area contributed by atoms with Gasteiger partial charge in [-0.15, -0.1) is 0 Å². The highest BCUT2D eigenvalue weighted by Gasteiger charge is 2.06. The van der Waals surface area contributed by atoms with Crippen molar-refractivity contribution in [2.24, 2.45) is 5.73 Å². The van der Waals surface area contributed by atoms with Crippen molar-refractivity contribution in [3.05, 3.63) is 17.6 Å². The molecule has 0 saturated heterocycles. The minimum absolute atomic E-state index is 0.202. The van der Waals surface area contributed by atoms with Gasteiger partial charge in [-0.25, -0.2) is 9.97 Å².